The van der Waals surface area contributed by atoms with Crippen molar-refractivity contribution in [2.24, 2.45) is 5.92 Å². The SMILES string of the molecule is O=C1CCCCC1CCCCI. The van der Waals surface area contributed by atoms with Crippen LogP contribution in [0.4, 0.5) is 0 Å². The second-order valence-electron chi connectivity index (χ2n) is 3.59. The molecule has 70 valence electrons. The minimum Gasteiger partial charge on any atom is -0.299 e. The molecule has 0 heterocycles. The van der Waals surface area contributed by atoms with Gasteiger partial charge in [0.25, 0.3) is 0 Å². The normalized spacial score (nSPS) is 24.4. The summed E-state index contributed by atoms with van der Waals surface area (Å²) in [7, 11) is 0. The second kappa shape index (κ2) is 5.95. The van der Waals surface area contributed by atoms with Crippen LogP contribution < -0.4 is 0 Å². The first-order valence-electron chi connectivity index (χ1n) is 4.93. The summed E-state index contributed by atoms with van der Waals surface area (Å²) in [5.74, 6) is 0.969. The maximum absolute atomic E-state index is 11.4. The molecule has 1 rings (SSSR count). The Balaban J connectivity index is 2.16. The van der Waals surface area contributed by atoms with Crippen molar-refractivity contribution in [3.8, 4) is 0 Å². The summed E-state index contributed by atoms with van der Waals surface area (Å²) < 4.78 is 1.23. The third-order valence-corrected chi connectivity index (χ3v) is 3.38. The molecule has 0 aliphatic heterocycles. The fourth-order valence-electron chi connectivity index (χ4n) is 1.85. The molecule has 1 atom stereocenters. The van der Waals surface area contributed by atoms with Crippen LogP contribution in [-0.2, 0) is 4.79 Å². The Morgan fingerprint density at radius 2 is 2.17 bits per heavy atom. The molecule has 0 saturated heterocycles. The van der Waals surface area contributed by atoms with Crippen LogP contribution in [0.15, 0.2) is 0 Å². The van der Waals surface area contributed by atoms with Crippen molar-refractivity contribution in [2.45, 2.75) is 44.9 Å². The van der Waals surface area contributed by atoms with Gasteiger partial charge in [-0.3, -0.25) is 4.79 Å². The van der Waals surface area contributed by atoms with E-state index in [2.05, 4.69) is 22.6 Å². The molecule has 12 heavy (non-hydrogen) atoms. The number of hydrogen-bond acceptors (Lipinski definition) is 1. The molecule has 1 nitrogen and oxygen atoms in total. The minimum atomic E-state index is 0.432. The Morgan fingerprint density at radius 3 is 2.83 bits per heavy atom. The Hall–Kier alpha value is 0.400. The van der Waals surface area contributed by atoms with Gasteiger partial charge in [0.15, 0.2) is 0 Å². The van der Waals surface area contributed by atoms with Crippen molar-refractivity contribution in [3.63, 3.8) is 0 Å². The van der Waals surface area contributed by atoms with Gasteiger partial charge in [-0.15, -0.1) is 0 Å². The molecule has 0 spiro atoms. The quantitative estimate of drug-likeness (QED) is 0.438. The van der Waals surface area contributed by atoms with Crippen molar-refractivity contribution in [2.75, 3.05) is 4.43 Å². The largest absolute Gasteiger partial charge is 0.299 e. The maximum atomic E-state index is 11.4. The maximum Gasteiger partial charge on any atom is 0.135 e. The lowest BCUT2D eigenvalue weighted by Gasteiger charge is -2.19. The number of carbonyl (C=O) groups is 1. The average molecular weight is 280 g/mol. The van der Waals surface area contributed by atoms with Gasteiger partial charge in [-0.25, -0.2) is 0 Å². The first-order chi connectivity index (χ1) is 5.84. The monoisotopic (exact) mass is 280 g/mol. The molecule has 0 aromatic rings. The number of carbonyl (C=O) groups excluding carboxylic acids is 1. The number of Topliss-reactive ketones (excluding diaryl/α,β-unsaturated/α-hetero) is 1. The molecule has 1 unspecified atom stereocenters. The summed E-state index contributed by atoms with van der Waals surface area (Å²) in [6, 6.07) is 0. The molecule has 1 aliphatic rings. The molecule has 2 heteroatoms. The summed E-state index contributed by atoms with van der Waals surface area (Å²) in [5, 5.41) is 0. The molecule has 0 bridgehead atoms. The Morgan fingerprint density at radius 1 is 1.33 bits per heavy atom. The fourth-order valence-corrected chi connectivity index (χ4v) is 2.39. The van der Waals surface area contributed by atoms with Crippen molar-refractivity contribution in [1.82, 2.24) is 0 Å². The molecule has 0 radical (unpaired) electrons. The van der Waals surface area contributed by atoms with E-state index in [0.29, 0.717) is 11.7 Å². The van der Waals surface area contributed by atoms with E-state index in [1.807, 2.05) is 0 Å². The predicted molar refractivity (Wildman–Crippen MR) is 59.7 cm³/mol. The van der Waals surface area contributed by atoms with Crippen molar-refractivity contribution >= 4 is 28.4 Å². The van der Waals surface area contributed by atoms with E-state index < -0.39 is 0 Å². The molecule has 1 saturated carbocycles. The molecule has 0 N–H and O–H groups in total. The van der Waals surface area contributed by atoms with Crippen LogP contribution in [0.3, 0.4) is 0 Å². The second-order valence-corrected chi connectivity index (χ2v) is 4.67. The molecule has 0 amide bonds. The molecular weight excluding hydrogens is 263 g/mol. The fraction of sp³-hybridized carbons (Fsp3) is 0.900. The molecular formula is C10H17IO. The van der Waals surface area contributed by atoms with Crippen molar-refractivity contribution in [1.29, 1.82) is 0 Å². The number of hydrogen-bond donors (Lipinski definition) is 0. The summed E-state index contributed by atoms with van der Waals surface area (Å²) in [5.41, 5.74) is 0. The van der Waals surface area contributed by atoms with Gasteiger partial charge < -0.3 is 0 Å². The predicted octanol–water partition coefficient (Wildman–Crippen LogP) is 3.35. The minimum absolute atomic E-state index is 0.432. The smallest absolute Gasteiger partial charge is 0.135 e. The number of rotatable bonds is 4. The average Bonchev–Trinajstić information content (AvgIpc) is 2.09. The van der Waals surface area contributed by atoms with Crippen molar-refractivity contribution < 1.29 is 4.79 Å². The van der Waals surface area contributed by atoms with E-state index in [1.165, 1.54) is 30.1 Å². The summed E-state index contributed by atoms with van der Waals surface area (Å²) in [4.78, 5) is 11.4. The first kappa shape index (κ1) is 10.5. The standard InChI is InChI=1S/C10H17IO/c11-8-4-3-6-9-5-1-2-7-10(9)12/h9H,1-8H2. The zero-order chi connectivity index (χ0) is 8.81. The van der Waals surface area contributed by atoms with Gasteiger partial charge in [0.1, 0.15) is 5.78 Å². The zero-order valence-corrected chi connectivity index (χ0v) is 9.68. The van der Waals surface area contributed by atoms with Gasteiger partial charge in [0, 0.05) is 12.3 Å². The Bertz CT molecular complexity index is 145. The lowest BCUT2D eigenvalue weighted by atomic mass is 9.85. The van der Waals surface area contributed by atoms with E-state index in [1.54, 1.807) is 0 Å². The Labute approximate surface area is 88.4 Å². The highest BCUT2D eigenvalue weighted by atomic mass is 127. The van der Waals surface area contributed by atoms with Gasteiger partial charge in [-0.2, -0.15) is 0 Å². The summed E-state index contributed by atoms with van der Waals surface area (Å²) >= 11 is 2.40. The summed E-state index contributed by atoms with van der Waals surface area (Å²) in [6.07, 6.45) is 8.13. The highest BCUT2D eigenvalue weighted by Gasteiger charge is 2.20. The number of ketones is 1. The number of unbranched alkanes of at least 4 members (excludes halogenated alkanes) is 1. The topological polar surface area (TPSA) is 17.1 Å². The van der Waals surface area contributed by atoms with E-state index >= 15 is 0 Å². The third-order valence-electron chi connectivity index (χ3n) is 2.62. The highest BCUT2D eigenvalue weighted by molar-refractivity contribution is 14.1. The van der Waals surface area contributed by atoms with E-state index in [-0.39, 0.29) is 0 Å². The lowest BCUT2D eigenvalue weighted by molar-refractivity contribution is -0.124. The van der Waals surface area contributed by atoms with Crippen LogP contribution in [0.1, 0.15) is 44.9 Å². The van der Waals surface area contributed by atoms with Crippen LogP contribution in [-0.4, -0.2) is 10.2 Å². The number of alkyl halides is 1. The molecule has 1 aliphatic carbocycles. The van der Waals surface area contributed by atoms with Crippen LogP contribution in [0.5, 0.6) is 0 Å². The molecule has 1 fully saturated rings. The summed E-state index contributed by atoms with van der Waals surface area (Å²) in [6.45, 7) is 0. The van der Waals surface area contributed by atoms with Crippen LogP contribution in [0.25, 0.3) is 0 Å². The molecule has 0 aromatic carbocycles. The third kappa shape index (κ3) is 3.42. The van der Waals surface area contributed by atoms with Gasteiger partial charge >= 0.3 is 0 Å². The van der Waals surface area contributed by atoms with E-state index in [9.17, 15) is 4.79 Å². The van der Waals surface area contributed by atoms with Gasteiger partial charge in [0.2, 0.25) is 0 Å². The Kier molecular flexibility index (Phi) is 5.19. The van der Waals surface area contributed by atoms with Gasteiger partial charge in [-0.1, -0.05) is 35.4 Å². The first-order valence-corrected chi connectivity index (χ1v) is 6.46. The zero-order valence-electron chi connectivity index (χ0n) is 7.52. The van der Waals surface area contributed by atoms with Gasteiger partial charge in [0.05, 0.1) is 0 Å². The number of halogens is 1. The van der Waals surface area contributed by atoms with Crippen molar-refractivity contribution in [3.05, 3.63) is 0 Å². The van der Waals surface area contributed by atoms with Crippen LogP contribution >= 0.6 is 22.6 Å². The van der Waals surface area contributed by atoms with Crippen LogP contribution in [0, 0.1) is 5.92 Å². The van der Waals surface area contributed by atoms with E-state index in [0.717, 1.165) is 19.3 Å². The highest BCUT2D eigenvalue weighted by Crippen LogP contribution is 2.24. The van der Waals surface area contributed by atoms with Gasteiger partial charge in [-0.05, 0) is 30.1 Å². The van der Waals surface area contributed by atoms with E-state index in [4.69, 9.17) is 0 Å². The lowest BCUT2D eigenvalue weighted by Crippen LogP contribution is -2.18. The molecule has 0 aromatic heterocycles. The van der Waals surface area contributed by atoms with Crippen LogP contribution in [0.2, 0.25) is 0 Å².